The zero-order valence-electron chi connectivity index (χ0n) is 9.54. The molecule has 0 unspecified atom stereocenters. The molecule has 0 fully saturated rings. The first-order chi connectivity index (χ1) is 7.56. The van der Waals surface area contributed by atoms with Gasteiger partial charge in [0.2, 0.25) is 10.0 Å². The molecule has 1 aromatic carbocycles. The van der Waals surface area contributed by atoms with Crippen LogP contribution in [0.5, 0.6) is 0 Å². The highest BCUT2D eigenvalue weighted by Gasteiger charge is 2.33. The van der Waals surface area contributed by atoms with Crippen LogP contribution in [0.15, 0.2) is 23.1 Å². The summed E-state index contributed by atoms with van der Waals surface area (Å²) >= 11 is 0. The second kappa shape index (κ2) is 4.30. The molecular weight excluding hydrogens is 255 g/mol. The third-order valence-electron chi connectivity index (χ3n) is 2.29. The summed E-state index contributed by atoms with van der Waals surface area (Å²) in [6.45, 7) is 1.29. The largest absolute Gasteiger partial charge is 0.416 e. The predicted octanol–water partition coefficient (Wildman–Crippen LogP) is 2.26. The van der Waals surface area contributed by atoms with Crippen LogP contribution in [0.1, 0.15) is 11.1 Å². The van der Waals surface area contributed by atoms with Gasteiger partial charge in [-0.2, -0.15) is 13.2 Å². The number of alkyl halides is 3. The van der Waals surface area contributed by atoms with Crippen LogP contribution in [0.2, 0.25) is 0 Å². The van der Waals surface area contributed by atoms with Crippen LogP contribution in [0, 0.1) is 6.92 Å². The Morgan fingerprint density at radius 2 is 1.71 bits per heavy atom. The molecule has 0 heterocycles. The predicted molar refractivity (Wildman–Crippen MR) is 57.1 cm³/mol. The molecule has 3 nitrogen and oxygen atoms in total. The van der Waals surface area contributed by atoms with Crippen molar-refractivity contribution in [2.24, 2.45) is 0 Å². The van der Waals surface area contributed by atoms with E-state index in [1.54, 1.807) is 0 Å². The van der Waals surface area contributed by atoms with E-state index in [1.807, 2.05) is 0 Å². The number of sulfonamides is 1. The molecule has 7 heteroatoms. The van der Waals surface area contributed by atoms with Crippen molar-refractivity contribution in [3.8, 4) is 0 Å². The van der Waals surface area contributed by atoms with E-state index < -0.39 is 21.8 Å². The van der Waals surface area contributed by atoms with Gasteiger partial charge in [-0.3, -0.25) is 0 Å². The average molecular weight is 267 g/mol. The van der Waals surface area contributed by atoms with Gasteiger partial charge in [0.05, 0.1) is 10.5 Å². The molecular formula is C10H12F3NO2S. The van der Waals surface area contributed by atoms with Crippen LogP contribution < -0.4 is 0 Å². The van der Waals surface area contributed by atoms with E-state index in [4.69, 9.17) is 0 Å². The van der Waals surface area contributed by atoms with Crippen molar-refractivity contribution < 1.29 is 21.6 Å². The lowest BCUT2D eigenvalue weighted by atomic mass is 10.1. The summed E-state index contributed by atoms with van der Waals surface area (Å²) in [4.78, 5) is -0.361. The lowest BCUT2D eigenvalue weighted by Crippen LogP contribution is -2.23. The number of hydrogen-bond donors (Lipinski definition) is 0. The van der Waals surface area contributed by atoms with Crippen molar-refractivity contribution in [1.82, 2.24) is 4.31 Å². The van der Waals surface area contributed by atoms with E-state index in [0.29, 0.717) is 6.07 Å². The minimum atomic E-state index is -4.55. The average Bonchev–Trinajstić information content (AvgIpc) is 2.15. The molecule has 96 valence electrons. The number of rotatable bonds is 2. The molecule has 0 amide bonds. The van der Waals surface area contributed by atoms with E-state index in [2.05, 4.69) is 0 Å². The number of nitrogens with zero attached hydrogens (tertiary/aromatic N) is 1. The van der Waals surface area contributed by atoms with E-state index in [9.17, 15) is 21.6 Å². The Morgan fingerprint density at radius 3 is 2.12 bits per heavy atom. The van der Waals surface area contributed by atoms with Gasteiger partial charge in [-0.05, 0) is 24.6 Å². The van der Waals surface area contributed by atoms with Gasteiger partial charge >= 0.3 is 6.18 Å². The normalized spacial score (nSPS) is 13.1. The fourth-order valence-electron chi connectivity index (χ4n) is 1.28. The second-order valence-corrected chi connectivity index (χ2v) is 5.91. The molecule has 0 radical (unpaired) electrons. The molecule has 17 heavy (non-hydrogen) atoms. The van der Waals surface area contributed by atoms with E-state index in [1.165, 1.54) is 27.1 Å². The highest BCUT2D eigenvalue weighted by molar-refractivity contribution is 7.89. The molecule has 0 aromatic heterocycles. The van der Waals surface area contributed by atoms with Crippen LogP contribution >= 0.6 is 0 Å². The van der Waals surface area contributed by atoms with Gasteiger partial charge < -0.3 is 0 Å². The summed E-state index contributed by atoms with van der Waals surface area (Å²) < 4.78 is 62.1. The Kier molecular flexibility index (Phi) is 3.54. The zero-order valence-corrected chi connectivity index (χ0v) is 10.4. The summed E-state index contributed by atoms with van der Waals surface area (Å²) in [7, 11) is -1.31. The van der Waals surface area contributed by atoms with Gasteiger partial charge in [-0.1, -0.05) is 6.07 Å². The standard InChI is InChI=1S/C10H12F3NO2S/c1-7-4-5-8(17(15,16)14(2)3)6-9(7)10(11,12)13/h4-6H,1-3H3. The van der Waals surface area contributed by atoms with E-state index in [-0.39, 0.29) is 10.5 Å². The van der Waals surface area contributed by atoms with Gasteiger partial charge in [0.1, 0.15) is 0 Å². The van der Waals surface area contributed by atoms with Gasteiger partial charge in [0.25, 0.3) is 0 Å². The van der Waals surface area contributed by atoms with Crippen LogP contribution in [0.25, 0.3) is 0 Å². The third-order valence-corrected chi connectivity index (χ3v) is 4.10. The maximum absolute atomic E-state index is 12.6. The molecule has 0 aliphatic heterocycles. The summed E-state index contributed by atoms with van der Waals surface area (Å²) in [5.41, 5.74) is -0.935. The van der Waals surface area contributed by atoms with Crippen LogP contribution in [-0.4, -0.2) is 26.8 Å². The fraction of sp³-hybridized carbons (Fsp3) is 0.400. The van der Waals surface area contributed by atoms with Crippen molar-refractivity contribution in [2.45, 2.75) is 18.0 Å². The number of aryl methyl sites for hydroxylation is 1. The first-order valence-electron chi connectivity index (χ1n) is 4.67. The maximum atomic E-state index is 12.6. The lowest BCUT2D eigenvalue weighted by molar-refractivity contribution is -0.138. The molecule has 0 saturated carbocycles. The summed E-state index contributed by atoms with van der Waals surface area (Å²) in [5, 5.41) is 0. The highest BCUT2D eigenvalue weighted by Crippen LogP contribution is 2.33. The molecule has 1 aromatic rings. The minimum Gasteiger partial charge on any atom is -0.207 e. The Hall–Kier alpha value is -1.08. The second-order valence-electron chi connectivity index (χ2n) is 3.76. The number of halogens is 3. The monoisotopic (exact) mass is 267 g/mol. The summed E-state index contributed by atoms with van der Waals surface area (Å²) in [5.74, 6) is 0. The smallest absolute Gasteiger partial charge is 0.207 e. The molecule has 0 aliphatic rings. The van der Waals surface area contributed by atoms with E-state index >= 15 is 0 Å². The van der Waals surface area contributed by atoms with Crippen LogP contribution in [0.3, 0.4) is 0 Å². The lowest BCUT2D eigenvalue weighted by Gasteiger charge is -2.15. The Balaban J connectivity index is 3.43. The van der Waals surface area contributed by atoms with Crippen molar-refractivity contribution in [3.05, 3.63) is 29.3 Å². The quantitative estimate of drug-likeness (QED) is 0.824. The van der Waals surface area contributed by atoms with Crippen molar-refractivity contribution in [3.63, 3.8) is 0 Å². The third kappa shape index (κ3) is 2.78. The molecule has 0 atom stereocenters. The molecule has 1 rings (SSSR count). The van der Waals surface area contributed by atoms with Gasteiger partial charge in [-0.25, -0.2) is 12.7 Å². The first kappa shape index (κ1) is 14.0. The Labute approximate surface area is 97.9 Å². The fourth-order valence-corrected chi connectivity index (χ4v) is 2.21. The molecule has 0 N–H and O–H groups in total. The van der Waals surface area contributed by atoms with E-state index in [0.717, 1.165) is 10.4 Å². The number of hydrogen-bond acceptors (Lipinski definition) is 2. The Morgan fingerprint density at radius 1 is 1.18 bits per heavy atom. The molecule has 0 spiro atoms. The van der Waals surface area contributed by atoms with Crippen LogP contribution in [0.4, 0.5) is 13.2 Å². The van der Waals surface area contributed by atoms with Crippen molar-refractivity contribution >= 4 is 10.0 Å². The highest BCUT2D eigenvalue weighted by atomic mass is 32.2. The summed E-state index contributed by atoms with van der Waals surface area (Å²) in [6.07, 6.45) is -4.55. The van der Waals surface area contributed by atoms with Gasteiger partial charge in [-0.15, -0.1) is 0 Å². The number of benzene rings is 1. The van der Waals surface area contributed by atoms with Gasteiger partial charge in [0, 0.05) is 14.1 Å². The topological polar surface area (TPSA) is 37.4 Å². The van der Waals surface area contributed by atoms with Crippen molar-refractivity contribution in [2.75, 3.05) is 14.1 Å². The minimum absolute atomic E-state index is 0.00444. The van der Waals surface area contributed by atoms with Gasteiger partial charge in [0.15, 0.2) is 0 Å². The molecule has 0 aliphatic carbocycles. The summed E-state index contributed by atoms with van der Waals surface area (Å²) in [6, 6.07) is 2.98. The zero-order chi connectivity index (χ0) is 13.4. The molecule has 0 bridgehead atoms. The SMILES string of the molecule is Cc1ccc(S(=O)(=O)N(C)C)cc1C(F)(F)F. The maximum Gasteiger partial charge on any atom is 0.416 e. The van der Waals surface area contributed by atoms with Crippen molar-refractivity contribution in [1.29, 1.82) is 0 Å². The molecule has 0 saturated heterocycles. The first-order valence-corrected chi connectivity index (χ1v) is 6.11. The Bertz CT molecular complexity index is 521. The van der Waals surface area contributed by atoms with Crippen LogP contribution in [-0.2, 0) is 16.2 Å².